The molecule has 6 nitrogen and oxygen atoms in total. The van der Waals surface area contributed by atoms with Gasteiger partial charge in [0.05, 0.1) is 12.1 Å². The average Bonchev–Trinajstić information content (AvgIpc) is 2.65. The Morgan fingerprint density at radius 1 is 1.07 bits per heavy atom. The molecule has 27 heavy (non-hydrogen) atoms. The number of methoxy groups -OCH3 is 1. The van der Waals surface area contributed by atoms with Gasteiger partial charge in [-0.3, -0.25) is 9.59 Å². The van der Waals surface area contributed by atoms with Crippen molar-refractivity contribution in [3.8, 4) is 5.75 Å². The first kappa shape index (κ1) is 20.6. The minimum Gasteiger partial charge on any atom is -0.495 e. The molecule has 2 amide bonds. The van der Waals surface area contributed by atoms with Crippen LogP contribution in [0.25, 0.3) is 0 Å². The Hall–Kier alpha value is -2.73. The first-order chi connectivity index (χ1) is 12.9. The zero-order valence-corrected chi connectivity index (χ0v) is 16.5. The predicted molar refractivity (Wildman–Crippen MR) is 109 cm³/mol. The number of aryl methyl sites for hydroxylation is 1. The number of nitrogens with one attached hydrogen (secondary N) is 2. The molecule has 0 heterocycles. The summed E-state index contributed by atoms with van der Waals surface area (Å²) in [5, 5.41) is 5.49. The van der Waals surface area contributed by atoms with Crippen LogP contribution in [0, 0.1) is 0 Å². The van der Waals surface area contributed by atoms with Crippen LogP contribution < -0.4 is 20.3 Å². The van der Waals surface area contributed by atoms with E-state index in [2.05, 4.69) is 34.9 Å². The van der Waals surface area contributed by atoms with E-state index in [9.17, 15) is 9.59 Å². The molecule has 0 aromatic heterocycles. The molecule has 144 valence electrons. The molecule has 7 heteroatoms. The van der Waals surface area contributed by atoms with Gasteiger partial charge in [0.1, 0.15) is 5.75 Å². The van der Waals surface area contributed by atoms with Crippen molar-refractivity contribution in [3.63, 3.8) is 0 Å². The molecule has 2 N–H and O–H groups in total. The van der Waals surface area contributed by atoms with Gasteiger partial charge in [-0.2, -0.15) is 0 Å². The Labute approximate surface area is 164 Å². The Morgan fingerprint density at radius 3 is 2.37 bits per heavy atom. The number of anilines is 2. The highest BCUT2D eigenvalue weighted by molar-refractivity contribution is 6.40. The number of hydrogen-bond donors (Lipinski definition) is 2. The van der Waals surface area contributed by atoms with Gasteiger partial charge in [0.15, 0.2) is 0 Å². The van der Waals surface area contributed by atoms with Crippen molar-refractivity contribution in [3.05, 3.63) is 53.1 Å². The van der Waals surface area contributed by atoms with Crippen LogP contribution in [0.4, 0.5) is 11.4 Å². The largest absolute Gasteiger partial charge is 0.495 e. The molecule has 2 aromatic carbocycles. The minimum absolute atomic E-state index is 0.357. The molecular formula is C20H24ClN3O3. The van der Waals surface area contributed by atoms with Crippen molar-refractivity contribution in [2.75, 3.05) is 38.0 Å². The van der Waals surface area contributed by atoms with E-state index in [-0.39, 0.29) is 0 Å². The highest BCUT2D eigenvalue weighted by Gasteiger charge is 2.13. The van der Waals surface area contributed by atoms with Crippen molar-refractivity contribution in [1.29, 1.82) is 0 Å². The Morgan fingerprint density at radius 2 is 1.78 bits per heavy atom. The van der Waals surface area contributed by atoms with Crippen LogP contribution in [0.2, 0.25) is 5.02 Å². The summed E-state index contributed by atoms with van der Waals surface area (Å²) in [5.41, 5.74) is 2.76. The summed E-state index contributed by atoms with van der Waals surface area (Å²) in [6, 6.07) is 13.0. The number of carbonyl (C=O) groups excluding carboxylic acids is 2. The summed E-state index contributed by atoms with van der Waals surface area (Å²) in [4.78, 5) is 25.9. The van der Waals surface area contributed by atoms with Gasteiger partial charge in [0, 0.05) is 32.0 Å². The van der Waals surface area contributed by atoms with Crippen molar-refractivity contribution < 1.29 is 14.3 Å². The minimum atomic E-state index is -0.730. The molecule has 0 radical (unpaired) electrons. The Balaban J connectivity index is 1.74. The summed E-state index contributed by atoms with van der Waals surface area (Å²) >= 11 is 6.00. The third kappa shape index (κ3) is 6.18. The third-order valence-corrected chi connectivity index (χ3v) is 4.29. The fraction of sp³-hybridized carbons (Fsp3) is 0.300. The van der Waals surface area contributed by atoms with Crippen LogP contribution in [0.3, 0.4) is 0 Å². The van der Waals surface area contributed by atoms with E-state index in [1.165, 1.54) is 18.7 Å². The average molecular weight is 390 g/mol. The predicted octanol–water partition coefficient (Wildman–Crippen LogP) is 3.10. The van der Waals surface area contributed by atoms with E-state index in [0.29, 0.717) is 23.0 Å². The summed E-state index contributed by atoms with van der Waals surface area (Å²) in [7, 11) is 5.49. The zero-order valence-electron chi connectivity index (χ0n) is 15.7. The fourth-order valence-corrected chi connectivity index (χ4v) is 2.73. The van der Waals surface area contributed by atoms with Crippen LogP contribution >= 0.6 is 11.6 Å². The lowest BCUT2D eigenvalue weighted by molar-refractivity contribution is -0.136. The van der Waals surface area contributed by atoms with Crippen LogP contribution in [0.1, 0.15) is 12.0 Å². The van der Waals surface area contributed by atoms with Gasteiger partial charge in [-0.15, -0.1) is 0 Å². The van der Waals surface area contributed by atoms with Gasteiger partial charge >= 0.3 is 11.8 Å². The Kier molecular flexibility index (Phi) is 7.49. The van der Waals surface area contributed by atoms with Crippen molar-refractivity contribution in [1.82, 2.24) is 5.32 Å². The summed E-state index contributed by atoms with van der Waals surface area (Å²) in [6.45, 7) is 0.422. The normalized spacial score (nSPS) is 10.2. The second kappa shape index (κ2) is 9.83. The second-order valence-corrected chi connectivity index (χ2v) is 6.63. The summed E-state index contributed by atoms with van der Waals surface area (Å²) < 4.78 is 5.05. The maximum absolute atomic E-state index is 11.9. The molecule has 0 unspecified atom stereocenters. The number of hydrogen-bond acceptors (Lipinski definition) is 4. The highest BCUT2D eigenvalue weighted by Crippen LogP contribution is 2.27. The molecule has 0 bridgehead atoms. The number of ether oxygens (including phenoxy) is 1. The molecule has 0 aliphatic heterocycles. The standard InChI is InChI=1S/C20H24ClN3O3/c1-24(2)16-9-6-14(7-10-16)5-4-12-22-19(25)20(26)23-15-8-11-18(27-3)17(21)13-15/h6-11,13H,4-5,12H2,1-3H3,(H,22,25)(H,23,26). The summed E-state index contributed by atoms with van der Waals surface area (Å²) in [5.74, 6) is -0.908. The lowest BCUT2D eigenvalue weighted by Gasteiger charge is -2.12. The van der Waals surface area contributed by atoms with Gasteiger partial charge in [-0.1, -0.05) is 23.7 Å². The monoisotopic (exact) mass is 389 g/mol. The van der Waals surface area contributed by atoms with Gasteiger partial charge in [0.25, 0.3) is 0 Å². The lowest BCUT2D eigenvalue weighted by atomic mass is 10.1. The van der Waals surface area contributed by atoms with E-state index >= 15 is 0 Å². The number of rotatable bonds is 7. The molecule has 2 rings (SSSR count). The van der Waals surface area contributed by atoms with Crippen LogP contribution in [0.15, 0.2) is 42.5 Å². The molecule has 0 atom stereocenters. The lowest BCUT2D eigenvalue weighted by Crippen LogP contribution is -2.36. The molecule has 0 saturated heterocycles. The molecule has 0 saturated carbocycles. The Bertz CT molecular complexity index is 792. The molecule has 0 fully saturated rings. The van der Waals surface area contributed by atoms with Crippen molar-refractivity contribution in [2.24, 2.45) is 0 Å². The summed E-state index contributed by atoms with van der Waals surface area (Å²) in [6.07, 6.45) is 1.57. The molecular weight excluding hydrogens is 366 g/mol. The van der Waals surface area contributed by atoms with Gasteiger partial charge in [-0.05, 0) is 48.7 Å². The zero-order chi connectivity index (χ0) is 19.8. The number of nitrogens with zero attached hydrogens (tertiary/aromatic N) is 1. The molecule has 0 aliphatic rings. The number of halogens is 1. The SMILES string of the molecule is COc1ccc(NC(=O)C(=O)NCCCc2ccc(N(C)C)cc2)cc1Cl. The van der Waals surface area contributed by atoms with Crippen LogP contribution in [-0.2, 0) is 16.0 Å². The van der Waals surface area contributed by atoms with Crippen LogP contribution in [0.5, 0.6) is 5.75 Å². The van der Waals surface area contributed by atoms with Gasteiger partial charge in [-0.25, -0.2) is 0 Å². The van der Waals surface area contributed by atoms with E-state index < -0.39 is 11.8 Å². The fourth-order valence-electron chi connectivity index (χ4n) is 2.47. The maximum Gasteiger partial charge on any atom is 0.313 e. The third-order valence-electron chi connectivity index (χ3n) is 4.00. The van der Waals surface area contributed by atoms with Gasteiger partial charge < -0.3 is 20.3 Å². The van der Waals surface area contributed by atoms with Gasteiger partial charge in [0.2, 0.25) is 0 Å². The van der Waals surface area contributed by atoms with E-state index in [1.807, 2.05) is 19.0 Å². The van der Waals surface area contributed by atoms with Crippen LogP contribution in [-0.4, -0.2) is 39.6 Å². The number of carbonyl (C=O) groups is 2. The van der Waals surface area contributed by atoms with E-state index in [0.717, 1.165) is 18.5 Å². The molecule has 0 spiro atoms. The smallest absolute Gasteiger partial charge is 0.313 e. The van der Waals surface area contributed by atoms with Crippen molar-refractivity contribution in [2.45, 2.75) is 12.8 Å². The first-order valence-corrected chi connectivity index (χ1v) is 8.97. The maximum atomic E-state index is 11.9. The van der Waals surface area contributed by atoms with E-state index in [1.54, 1.807) is 12.1 Å². The number of benzene rings is 2. The number of amides is 2. The highest BCUT2D eigenvalue weighted by atomic mass is 35.5. The topological polar surface area (TPSA) is 70.7 Å². The molecule has 2 aromatic rings. The molecule has 0 aliphatic carbocycles. The second-order valence-electron chi connectivity index (χ2n) is 6.22. The van der Waals surface area contributed by atoms with E-state index in [4.69, 9.17) is 16.3 Å². The van der Waals surface area contributed by atoms with Crippen molar-refractivity contribution >= 4 is 34.8 Å². The quantitative estimate of drug-likeness (QED) is 0.564. The first-order valence-electron chi connectivity index (χ1n) is 8.59.